The van der Waals surface area contributed by atoms with Gasteiger partial charge in [-0.3, -0.25) is 4.99 Å². The Bertz CT molecular complexity index is 968. The summed E-state index contributed by atoms with van der Waals surface area (Å²) in [5, 5.41) is 11.9. The second-order valence-corrected chi connectivity index (χ2v) is 9.16. The maximum atomic E-state index is 9.69. The van der Waals surface area contributed by atoms with Crippen molar-refractivity contribution in [3.63, 3.8) is 0 Å². The lowest BCUT2D eigenvalue weighted by Gasteiger charge is -2.06. The minimum absolute atomic E-state index is 0. The topological polar surface area (TPSA) is 48.4 Å². The van der Waals surface area contributed by atoms with Crippen LogP contribution in [0.3, 0.4) is 0 Å². The monoisotopic (exact) mass is 474 g/mol. The lowest BCUT2D eigenvalue weighted by Crippen LogP contribution is -2.26. The van der Waals surface area contributed by atoms with Gasteiger partial charge in [-0.05, 0) is 58.2 Å². The van der Waals surface area contributed by atoms with Crippen LogP contribution >= 0.6 is 12.4 Å². The molecular weight excluding hydrogens is 428 g/mol. The van der Waals surface area contributed by atoms with Crippen molar-refractivity contribution in [2.24, 2.45) is 10.9 Å². The Morgan fingerprint density at radius 2 is 1.70 bits per heavy atom. The van der Waals surface area contributed by atoms with Crippen molar-refractivity contribution in [1.82, 2.24) is 4.98 Å². The van der Waals surface area contributed by atoms with E-state index < -0.39 is 0 Å². The maximum absolute atomic E-state index is 9.69. The zero-order chi connectivity index (χ0) is 24.1. The third-order valence-electron chi connectivity index (χ3n) is 5.97. The Morgan fingerprint density at radius 3 is 2.24 bits per heavy atom. The molecule has 1 heterocycles. The number of aromatic nitrogens is 1. The molecule has 1 aromatic carbocycles. The summed E-state index contributed by atoms with van der Waals surface area (Å²) in [5.41, 5.74) is 5.31. The van der Waals surface area contributed by atoms with E-state index in [1.165, 1.54) is 49.3 Å². The summed E-state index contributed by atoms with van der Waals surface area (Å²) >= 11 is 0. The van der Waals surface area contributed by atoms with E-state index in [1.807, 2.05) is 32.9 Å². The largest absolute Gasteiger partial charge is 0.508 e. The Hall–Kier alpha value is -2.00. The van der Waals surface area contributed by atoms with E-state index in [0.29, 0.717) is 0 Å². The van der Waals surface area contributed by atoms with Crippen LogP contribution in [0.25, 0.3) is 22.5 Å². The summed E-state index contributed by atoms with van der Waals surface area (Å²) in [5.74, 6) is 1.23. The van der Waals surface area contributed by atoms with Crippen molar-refractivity contribution >= 4 is 29.4 Å². The van der Waals surface area contributed by atoms with Gasteiger partial charge in [-0.2, -0.15) is 0 Å². The summed E-state index contributed by atoms with van der Waals surface area (Å²) in [4.78, 5) is 8.06. The first-order valence-corrected chi connectivity index (χ1v) is 12.4. The highest BCUT2D eigenvalue weighted by atomic mass is 35.5. The highest BCUT2D eigenvalue weighted by Gasteiger charge is 2.05. The predicted octanol–water partition coefficient (Wildman–Crippen LogP) is 8.00. The molecule has 0 saturated carbocycles. The van der Waals surface area contributed by atoms with Crippen LogP contribution in [0.2, 0.25) is 0 Å². The van der Waals surface area contributed by atoms with Crippen LogP contribution in [0, 0.1) is 5.92 Å². The van der Waals surface area contributed by atoms with Gasteiger partial charge in [0, 0.05) is 22.2 Å². The van der Waals surface area contributed by atoms with E-state index in [9.17, 15) is 5.11 Å². The van der Waals surface area contributed by atoms with Gasteiger partial charge in [0.2, 0.25) is 0 Å². The molecule has 0 aliphatic heterocycles. The number of phenols is 1. The molecule has 0 radical (unpaired) electrons. The molecule has 4 heteroatoms. The molecule has 0 amide bonds. The fourth-order valence-corrected chi connectivity index (χ4v) is 3.61. The molecule has 0 spiro atoms. The van der Waals surface area contributed by atoms with Gasteiger partial charge in [-0.25, -0.2) is 0 Å². The van der Waals surface area contributed by atoms with Gasteiger partial charge < -0.3 is 10.1 Å². The number of phenolic OH excluding ortho intramolecular Hbond substituents is 1. The Kier molecular flexibility index (Phi) is 15.6. The number of rotatable bonds is 9. The van der Waals surface area contributed by atoms with Gasteiger partial charge in [0.05, 0.1) is 11.0 Å². The number of benzene rings is 1. The lowest BCUT2D eigenvalue weighted by atomic mass is 10.0. The van der Waals surface area contributed by atoms with E-state index in [-0.39, 0.29) is 18.2 Å². The van der Waals surface area contributed by atoms with Crippen molar-refractivity contribution in [1.29, 1.82) is 0 Å². The molecule has 2 rings (SSSR count). The smallest absolute Gasteiger partial charge is 0.116 e. The van der Waals surface area contributed by atoms with Crippen LogP contribution in [-0.2, 0) is 0 Å². The molecule has 1 aromatic heterocycles. The zero-order valence-corrected chi connectivity index (χ0v) is 23.0. The Labute approximate surface area is 208 Å². The van der Waals surface area contributed by atoms with Gasteiger partial charge in [0.1, 0.15) is 5.75 Å². The molecule has 0 bridgehead atoms. The van der Waals surface area contributed by atoms with Crippen LogP contribution in [0.15, 0.2) is 35.3 Å². The first kappa shape index (κ1) is 31.0. The molecule has 1 unspecified atom stereocenters. The van der Waals surface area contributed by atoms with Gasteiger partial charge >= 0.3 is 0 Å². The van der Waals surface area contributed by atoms with E-state index in [1.54, 1.807) is 12.1 Å². The van der Waals surface area contributed by atoms with Crippen molar-refractivity contribution < 1.29 is 5.11 Å². The van der Waals surface area contributed by atoms with Gasteiger partial charge in [0.15, 0.2) is 0 Å². The molecule has 3 nitrogen and oxygen atoms in total. The van der Waals surface area contributed by atoms with Gasteiger partial charge in [-0.1, -0.05) is 83.9 Å². The fourth-order valence-electron chi connectivity index (χ4n) is 3.61. The second kappa shape index (κ2) is 16.6. The van der Waals surface area contributed by atoms with Crippen molar-refractivity contribution in [3.8, 4) is 17.0 Å². The Balaban J connectivity index is 0.000000794. The molecule has 0 aliphatic carbocycles. The lowest BCUT2D eigenvalue weighted by molar-refractivity contribution is 0.475. The SMILES string of the molecule is CC/C(C)=c1\cc(-c2cccc(O)c2)[nH]\c1=C(/C)N=C(C)C.CCCCCCC(C)CC.Cl. The van der Waals surface area contributed by atoms with E-state index in [2.05, 4.69) is 50.7 Å². The number of nitrogens with zero attached hydrogens (tertiary/aromatic N) is 1. The van der Waals surface area contributed by atoms with Crippen LogP contribution < -0.4 is 10.6 Å². The number of nitrogens with one attached hydrogen (secondary N) is 1. The van der Waals surface area contributed by atoms with E-state index in [4.69, 9.17) is 0 Å². The maximum Gasteiger partial charge on any atom is 0.116 e. The number of aromatic hydroxyl groups is 1. The molecule has 2 N–H and O–H groups in total. The van der Waals surface area contributed by atoms with Crippen LogP contribution in [0.5, 0.6) is 5.75 Å². The predicted molar refractivity (Wildman–Crippen MR) is 150 cm³/mol. The summed E-state index contributed by atoms with van der Waals surface area (Å²) in [6, 6.07) is 9.44. The summed E-state index contributed by atoms with van der Waals surface area (Å²) in [7, 11) is 0. The van der Waals surface area contributed by atoms with Crippen LogP contribution in [-0.4, -0.2) is 15.8 Å². The number of hydrogen-bond acceptors (Lipinski definition) is 2. The minimum Gasteiger partial charge on any atom is -0.508 e. The number of aliphatic imine (C=N–C) groups is 1. The third kappa shape index (κ3) is 11.1. The summed E-state index contributed by atoms with van der Waals surface area (Å²) in [6.45, 7) is 17.2. The summed E-state index contributed by atoms with van der Waals surface area (Å²) < 4.78 is 0. The zero-order valence-electron chi connectivity index (χ0n) is 22.2. The molecule has 33 heavy (non-hydrogen) atoms. The van der Waals surface area contributed by atoms with Gasteiger partial charge in [-0.15, -0.1) is 12.4 Å². The first-order chi connectivity index (χ1) is 15.2. The quantitative estimate of drug-likeness (QED) is 0.280. The molecule has 0 saturated heterocycles. The third-order valence-corrected chi connectivity index (χ3v) is 5.97. The van der Waals surface area contributed by atoms with Crippen molar-refractivity contribution in [2.45, 2.75) is 100 Å². The fraction of sp³-hybridized carbons (Fsp3) is 0.552. The summed E-state index contributed by atoms with van der Waals surface area (Å²) in [6.07, 6.45) is 9.47. The number of H-pyrrole nitrogens is 1. The minimum atomic E-state index is 0. The number of halogens is 1. The molecule has 0 fully saturated rings. The van der Waals surface area contributed by atoms with Crippen molar-refractivity contribution in [3.05, 3.63) is 40.9 Å². The van der Waals surface area contributed by atoms with Crippen LogP contribution in [0.4, 0.5) is 0 Å². The molecule has 0 aliphatic rings. The molecule has 186 valence electrons. The first-order valence-electron chi connectivity index (χ1n) is 12.4. The van der Waals surface area contributed by atoms with E-state index in [0.717, 1.165) is 40.4 Å². The number of aromatic amines is 1. The number of hydrogen-bond donors (Lipinski definition) is 2. The normalized spacial score (nSPS) is 13.2. The Morgan fingerprint density at radius 1 is 1.00 bits per heavy atom. The standard InChI is InChI=1S/C19H24N2O.C10H22.ClH/c1-6-13(4)17-11-18(15-8-7-9-16(22)10-15)21-19(17)14(5)20-12(2)3;1-4-6-7-8-9-10(3)5-2;/h7-11,21-22H,6H2,1-5H3;10H,4-9H2,1-3H3;1H/b17-13+,19-14+;;. The van der Waals surface area contributed by atoms with Crippen LogP contribution in [0.1, 0.15) is 100 Å². The second-order valence-electron chi connectivity index (χ2n) is 9.16. The highest BCUT2D eigenvalue weighted by molar-refractivity contribution is 5.85. The molecule has 1 atom stereocenters. The molecule has 2 aromatic rings. The average Bonchev–Trinajstić information content (AvgIpc) is 3.22. The molecular formula is C29H47ClN2O. The number of unbranched alkanes of at least 4 members (excludes halogenated alkanes) is 3. The average molecular weight is 475 g/mol. The van der Waals surface area contributed by atoms with Gasteiger partial charge in [0.25, 0.3) is 0 Å². The highest BCUT2D eigenvalue weighted by Crippen LogP contribution is 2.20. The van der Waals surface area contributed by atoms with Crippen molar-refractivity contribution in [2.75, 3.05) is 0 Å². The van der Waals surface area contributed by atoms with E-state index >= 15 is 0 Å².